The molecule has 0 aromatic rings. The maximum Gasteiger partial charge on any atom is 0.237 e. The molecular weight excluding hydrogens is 192 g/mol. The summed E-state index contributed by atoms with van der Waals surface area (Å²) in [4.78, 5) is 11.6. The molecule has 4 N–H and O–H groups in total. The Morgan fingerprint density at radius 3 is 2.60 bits per heavy atom. The Morgan fingerprint density at radius 1 is 1.53 bits per heavy atom. The van der Waals surface area contributed by atoms with Crippen molar-refractivity contribution >= 4 is 5.91 Å². The number of unbranched alkanes of at least 4 members (excludes halogenated alkanes) is 1. The molecule has 0 saturated carbocycles. The van der Waals surface area contributed by atoms with Crippen LogP contribution < -0.4 is 11.1 Å². The van der Waals surface area contributed by atoms with Gasteiger partial charge in [-0.15, -0.1) is 0 Å². The third-order valence-electron chi connectivity index (χ3n) is 2.40. The Kier molecular flexibility index (Phi) is 6.52. The number of carbonyl (C=O) groups is 1. The van der Waals surface area contributed by atoms with Crippen LogP contribution in [0.5, 0.6) is 0 Å². The van der Waals surface area contributed by atoms with Crippen molar-refractivity contribution in [1.82, 2.24) is 5.32 Å². The molecule has 4 nitrogen and oxygen atoms in total. The quantitative estimate of drug-likeness (QED) is 0.588. The third-order valence-corrected chi connectivity index (χ3v) is 2.40. The summed E-state index contributed by atoms with van der Waals surface area (Å²) in [7, 11) is 0. The zero-order valence-corrected chi connectivity index (χ0v) is 10.0. The van der Waals surface area contributed by atoms with Crippen molar-refractivity contribution in [2.45, 2.75) is 58.0 Å². The van der Waals surface area contributed by atoms with Crippen LogP contribution in [0.25, 0.3) is 0 Å². The minimum absolute atomic E-state index is 0.0669. The van der Waals surface area contributed by atoms with Crippen LogP contribution in [0.1, 0.15) is 46.5 Å². The number of hydrogen-bond acceptors (Lipinski definition) is 3. The predicted octanol–water partition coefficient (Wildman–Crippen LogP) is 0.781. The monoisotopic (exact) mass is 216 g/mol. The van der Waals surface area contributed by atoms with Gasteiger partial charge in [-0.3, -0.25) is 4.79 Å². The second-order valence-electron chi connectivity index (χ2n) is 4.60. The summed E-state index contributed by atoms with van der Waals surface area (Å²) in [6, 6.07) is -0.428. The largest absolute Gasteiger partial charge is 0.396 e. The van der Waals surface area contributed by atoms with Gasteiger partial charge in [-0.25, -0.2) is 0 Å². The van der Waals surface area contributed by atoms with Gasteiger partial charge in [0.2, 0.25) is 5.91 Å². The summed E-state index contributed by atoms with van der Waals surface area (Å²) in [6.45, 7) is 5.90. The van der Waals surface area contributed by atoms with Gasteiger partial charge in [-0.05, 0) is 26.7 Å². The minimum atomic E-state index is -0.428. The fraction of sp³-hybridized carbons (Fsp3) is 0.909. The van der Waals surface area contributed by atoms with Gasteiger partial charge in [0, 0.05) is 12.1 Å². The summed E-state index contributed by atoms with van der Waals surface area (Å²) in [5, 5.41) is 11.7. The molecule has 0 radical (unpaired) electrons. The van der Waals surface area contributed by atoms with Crippen LogP contribution in [-0.2, 0) is 4.79 Å². The molecule has 0 heterocycles. The summed E-state index contributed by atoms with van der Waals surface area (Å²) in [5.41, 5.74) is 5.35. The van der Waals surface area contributed by atoms with Gasteiger partial charge in [0.25, 0.3) is 0 Å². The Morgan fingerprint density at radius 2 is 2.13 bits per heavy atom. The second-order valence-corrected chi connectivity index (χ2v) is 4.60. The zero-order valence-electron chi connectivity index (χ0n) is 10.0. The molecule has 4 heteroatoms. The molecule has 0 aromatic heterocycles. The van der Waals surface area contributed by atoms with E-state index in [0.717, 1.165) is 19.3 Å². The average Bonchev–Trinajstić information content (AvgIpc) is 2.13. The molecule has 0 rings (SSSR count). The van der Waals surface area contributed by atoms with Crippen molar-refractivity contribution in [3.8, 4) is 0 Å². The van der Waals surface area contributed by atoms with Gasteiger partial charge < -0.3 is 16.2 Å². The highest BCUT2D eigenvalue weighted by Gasteiger charge is 2.22. The molecule has 0 unspecified atom stereocenters. The first kappa shape index (κ1) is 14.4. The maximum atomic E-state index is 11.6. The highest BCUT2D eigenvalue weighted by atomic mass is 16.3. The third kappa shape index (κ3) is 6.47. The van der Waals surface area contributed by atoms with Gasteiger partial charge in [0.05, 0.1) is 6.04 Å². The van der Waals surface area contributed by atoms with Crippen molar-refractivity contribution in [2.24, 2.45) is 5.73 Å². The standard InChI is InChI=1S/C11H24N2O2/c1-4-5-6-9(12)10(15)13-11(2,3)7-8-14/h9,14H,4-8,12H2,1-3H3,(H,13,15)/t9-/m0/s1. The SMILES string of the molecule is CCCC[C@H](N)C(=O)NC(C)(C)CCO. The molecule has 90 valence electrons. The fourth-order valence-corrected chi connectivity index (χ4v) is 1.32. The molecule has 15 heavy (non-hydrogen) atoms. The number of nitrogens with two attached hydrogens (primary N) is 1. The highest BCUT2D eigenvalue weighted by Crippen LogP contribution is 2.08. The zero-order chi connectivity index (χ0) is 11.9. The second kappa shape index (κ2) is 6.80. The average molecular weight is 216 g/mol. The first-order chi connectivity index (χ1) is 6.93. The molecule has 0 aliphatic carbocycles. The number of rotatable bonds is 7. The van der Waals surface area contributed by atoms with Crippen LogP contribution in [0.2, 0.25) is 0 Å². The number of nitrogens with one attached hydrogen (secondary N) is 1. The smallest absolute Gasteiger partial charge is 0.237 e. The summed E-state index contributed by atoms with van der Waals surface area (Å²) in [6.07, 6.45) is 3.27. The molecule has 1 amide bonds. The van der Waals surface area contributed by atoms with E-state index in [1.807, 2.05) is 13.8 Å². The van der Waals surface area contributed by atoms with Crippen LogP contribution in [0.3, 0.4) is 0 Å². The molecule has 0 aliphatic rings. The van der Waals surface area contributed by atoms with E-state index >= 15 is 0 Å². The molecule has 0 bridgehead atoms. The molecule has 0 aromatic carbocycles. The lowest BCUT2D eigenvalue weighted by Crippen LogP contribution is -2.50. The van der Waals surface area contributed by atoms with E-state index in [1.54, 1.807) is 0 Å². The van der Waals surface area contributed by atoms with E-state index in [-0.39, 0.29) is 18.1 Å². The fourth-order valence-electron chi connectivity index (χ4n) is 1.32. The van der Waals surface area contributed by atoms with E-state index in [2.05, 4.69) is 12.2 Å². The van der Waals surface area contributed by atoms with Crippen LogP contribution in [-0.4, -0.2) is 29.2 Å². The summed E-state index contributed by atoms with van der Waals surface area (Å²) < 4.78 is 0. The lowest BCUT2D eigenvalue weighted by atomic mass is 10.00. The highest BCUT2D eigenvalue weighted by molar-refractivity contribution is 5.82. The topological polar surface area (TPSA) is 75.4 Å². The van der Waals surface area contributed by atoms with Crippen molar-refractivity contribution in [1.29, 1.82) is 0 Å². The van der Waals surface area contributed by atoms with Crippen molar-refractivity contribution < 1.29 is 9.90 Å². The molecule has 0 spiro atoms. The van der Waals surface area contributed by atoms with E-state index in [1.165, 1.54) is 0 Å². The van der Waals surface area contributed by atoms with Crippen molar-refractivity contribution in [2.75, 3.05) is 6.61 Å². The molecule has 0 saturated heterocycles. The normalized spacial score (nSPS) is 13.7. The van der Waals surface area contributed by atoms with E-state index in [4.69, 9.17) is 10.8 Å². The van der Waals surface area contributed by atoms with Crippen LogP contribution in [0.4, 0.5) is 0 Å². The van der Waals surface area contributed by atoms with Crippen LogP contribution in [0, 0.1) is 0 Å². The predicted molar refractivity (Wildman–Crippen MR) is 61.4 cm³/mol. The first-order valence-corrected chi connectivity index (χ1v) is 5.61. The number of hydrogen-bond donors (Lipinski definition) is 3. The Bertz CT molecular complexity index is 193. The number of amides is 1. The number of carbonyl (C=O) groups excluding carboxylic acids is 1. The summed E-state index contributed by atoms with van der Waals surface area (Å²) >= 11 is 0. The van der Waals surface area contributed by atoms with E-state index in [9.17, 15) is 4.79 Å². The van der Waals surface area contributed by atoms with Gasteiger partial charge >= 0.3 is 0 Å². The van der Waals surface area contributed by atoms with E-state index < -0.39 is 6.04 Å². The lowest BCUT2D eigenvalue weighted by molar-refractivity contribution is -0.124. The Labute approximate surface area is 92.2 Å². The Balaban J connectivity index is 4.00. The maximum absolute atomic E-state index is 11.6. The number of aliphatic hydroxyl groups excluding tert-OH is 1. The van der Waals surface area contributed by atoms with E-state index in [0.29, 0.717) is 6.42 Å². The minimum Gasteiger partial charge on any atom is -0.396 e. The first-order valence-electron chi connectivity index (χ1n) is 5.61. The molecule has 1 atom stereocenters. The van der Waals surface area contributed by atoms with Gasteiger partial charge in [0.1, 0.15) is 0 Å². The van der Waals surface area contributed by atoms with Crippen molar-refractivity contribution in [3.63, 3.8) is 0 Å². The van der Waals surface area contributed by atoms with Gasteiger partial charge in [-0.1, -0.05) is 19.8 Å². The van der Waals surface area contributed by atoms with Gasteiger partial charge in [0.15, 0.2) is 0 Å². The molecular formula is C11H24N2O2. The van der Waals surface area contributed by atoms with Crippen LogP contribution in [0.15, 0.2) is 0 Å². The van der Waals surface area contributed by atoms with Crippen LogP contribution >= 0.6 is 0 Å². The number of aliphatic hydroxyl groups is 1. The summed E-state index contributed by atoms with van der Waals surface area (Å²) in [5.74, 6) is -0.123. The molecule has 0 aliphatic heterocycles. The van der Waals surface area contributed by atoms with Crippen molar-refractivity contribution in [3.05, 3.63) is 0 Å². The molecule has 0 fully saturated rings. The lowest BCUT2D eigenvalue weighted by Gasteiger charge is -2.27. The Hall–Kier alpha value is -0.610. The van der Waals surface area contributed by atoms with Gasteiger partial charge in [-0.2, -0.15) is 0 Å².